The van der Waals surface area contributed by atoms with Gasteiger partial charge < -0.3 is 5.32 Å². The van der Waals surface area contributed by atoms with Crippen molar-refractivity contribution in [2.45, 2.75) is 0 Å². The van der Waals surface area contributed by atoms with Crippen LogP contribution in [0.4, 0.5) is 11.4 Å². The zero-order valence-electron chi connectivity index (χ0n) is 14.8. The fourth-order valence-corrected chi connectivity index (χ4v) is 3.18. The maximum absolute atomic E-state index is 12.3. The van der Waals surface area contributed by atoms with Crippen LogP contribution < -0.4 is 10.0 Å². The van der Waals surface area contributed by atoms with Gasteiger partial charge in [0.1, 0.15) is 0 Å². The first-order chi connectivity index (χ1) is 13.3. The second-order valence-corrected chi connectivity index (χ2v) is 8.12. The lowest BCUT2D eigenvalue weighted by atomic mass is 10.2. The van der Waals surface area contributed by atoms with E-state index in [0.29, 0.717) is 22.1 Å². The van der Waals surface area contributed by atoms with Gasteiger partial charge in [-0.25, -0.2) is 13.1 Å². The van der Waals surface area contributed by atoms with Gasteiger partial charge in [0.2, 0.25) is 15.9 Å². The van der Waals surface area contributed by atoms with Gasteiger partial charge in [0, 0.05) is 29.2 Å². The van der Waals surface area contributed by atoms with Crippen molar-refractivity contribution < 1.29 is 13.2 Å². The van der Waals surface area contributed by atoms with Gasteiger partial charge in [0.15, 0.2) is 0 Å². The average Bonchev–Trinajstić information content (AvgIpc) is 3.14. The Hall–Kier alpha value is -3.10. The molecule has 1 amide bonds. The molecule has 1 aromatic heterocycles. The molecule has 0 fully saturated rings. The van der Waals surface area contributed by atoms with Crippen LogP contribution in [0.15, 0.2) is 67.0 Å². The fraction of sp³-hybridized carbons (Fsp3) is 0.0526. The Bertz CT molecular complexity index is 1110. The Morgan fingerprint density at radius 1 is 1.18 bits per heavy atom. The minimum Gasteiger partial charge on any atom is -0.321 e. The van der Waals surface area contributed by atoms with Crippen molar-refractivity contribution in [2.24, 2.45) is 0 Å². The molecular weight excluding hydrogens is 400 g/mol. The van der Waals surface area contributed by atoms with Gasteiger partial charge in [-0.2, -0.15) is 5.10 Å². The second kappa shape index (κ2) is 8.28. The van der Waals surface area contributed by atoms with Gasteiger partial charge in [0.25, 0.3) is 0 Å². The Kier molecular flexibility index (Phi) is 5.81. The van der Waals surface area contributed by atoms with E-state index in [1.807, 2.05) is 0 Å². The van der Waals surface area contributed by atoms with Crippen LogP contribution in [-0.4, -0.2) is 30.4 Å². The number of anilines is 2. The third kappa shape index (κ3) is 5.45. The molecule has 7 nitrogen and oxygen atoms in total. The Morgan fingerprint density at radius 3 is 2.57 bits per heavy atom. The molecule has 2 aromatic carbocycles. The number of nitrogens with one attached hydrogen (secondary N) is 2. The van der Waals surface area contributed by atoms with Gasteiger partial charge >= 0.3 is 0 Å². The molecule has 0 spiro atoms. The number of carbonyl (C=O) groups is 1. The number of hydrogen-bond donors (Lipinski definition) is 2. The average molecular weight is 417 g/mol. The zero-order chi connectivity index (χ0) is 20.1. The molecule has 1 heterocycles. The highest BCUT2D eigenvalue weighted by atomic mass is 35.5. The predicted octanol–water partition coefficient (Wildman–Crippen LogP) is 3.55. The second-order valence-electron chi connectivity index (χ2n) is 5.93. The molecule has 0 radical (unpaired) electrons. The van der Waals surface area contributed by atoms with Gasteiger partial charge in [-0.3, -0.25) is 9.52 Å². The predicted molar refractivity (Wildman–Crippen MR) is 111 cm³/mol. The minimum absolute atomic E-state index is 0.339. The number of hydrogen-bond acceptors (Lipinski definition) is 4. The topological polar surface area (TPSA) is 93.1 Å². The van der Waals surface area contributed by atoms with E-state index in [4.69, 9.17) is 11.6 Å². The molecule has 144 valence electrons. The molecular formula is C19H17ClN4O3S. The van der Waals surface area contributed by atoms with E-state index in [1.165, 1.54) is 6.08 Å². The van der Waals surface area contributed by atoms with Gasteiger partial charge in [-0.15, -0.1) is 0 Å². The first-order valence-corrected chi connectivity index (χ1v) is 10.4. The zero-order valence-corrected chi connectivity index (χ0v) is 16.4. The van der Waals surface area contributed by atoms with Crippen molar-refractivity contribution in [2.75, 3.05) is 16.3 Å². The Balaban J connectivity index is 1.72. The maximum Gasteiger partial charge on any atom is 0.248 e. The molecule has 0 aliphatic rings. The number of halogens is 1. The number of amides is 1. The van der Waals surface area contributed by atoms with Gasteiger partial charge in [-0.1, -0.05) is 23.7 Å². The first-order valence-electron chi connectivity index (χ1n) is 8.17. The lowest BCUT2D eigenvalue weighted by Crippen LogP contribution is -2.11. The molecule has 0 aliphatic heterocycles. The van der Waals surface area contributed by atoms with Crippen molar-refractivity contribution in [3.63, 3.8) is 0 Å². The molecule has 3 aromatic rings. The van der Waals surface area contributed by atoms with E-state index in [9.17, 15) is 13.2 Å². The molecule has 0 saturated carbocycles. The quantitative estimate of drug-likeness (QED) is 0.601. The van der Waals surface area contributed by atoms with E-state index < -0.39 is 10.0 Å². The summed E-state index contributed by atoms with van der Waals surface area (Å²) in [5.41, 5.74) is 2.41. The molecule has 0 unspecified atom stereocenters. The number of sulfonamides is 1. The van der Waals surface area contributed by atoms with Crippen molar-refractivity contribution in [1.29, 1.82) is 0 Å². The fourth-order valence-electron chi connectivity index (χ4n) is 2.44. The van der Waals surface area contributed by atoms with E-state index in [1.54, 1.807) is 71.7 Å². The normalized spacial score (nSPS) is 11.5. The Labute approximate surface area is 167 Å². The van der Waals surface area contributed by atoms with E-state index in [-0.39, 0.29) is 5.91 Å². The van der Waals surface area contributed by atoms with Crippen molar-refractivity contribution >= 4 is 45.0 Å². The van der Waals surface area contributed by atoms with Crippen LogP contribution in [0.1, 0.15) is 5.56 Å². The van der Waals surface area contributed by atoms with E-state index in [2.05, 4.69) is 15.1 Å². The molecule has 0 saturated heterocycles. The van der Waals surface area contributed by atoms with Crippen LogP contribution in [0, 0.1) is 0 Å². The smallest absolute Gasteiger partial charge is 0.248 e. The van der Waals surface area contributed by atoms with E-state index in [0.717, 1.165) is 11.8 Å². The molecule has 28 heavy (non-hydrogen) atoms. The largest absolute Gasteiger partial charge is 0.321 e. The van der Waals surface area contributed by atoms with Crippen LogP contribution in [0.25, 0.3) is 11.8 Å². The monoisotopic (exact) mass is 416 g/mol. The molecule has 0 bridgehead atoms. The molecule has 9 heteroatoms. The molecule has 2 N–H and O–H groups in total. The van der Waals surface area contributed by atoms with Crippen molar-refractivity contribution in [1.82, 2.24) is 9.78 Å². The van der Waals surface area contributed by atoms with Crippen LogP contribution >= 0.6 is 11.6 Å². The summed E-state index contributed by atoms with van der Waals surface area (Å²) < 4.78 is 26.4. The van der Waals surface area contributed by atoms with Crippen LogP contribution in [0.3, 0.4) is 0 Å². The third-order valence-electron chi connectivity index (χ3n) is 3.61. The third-order valence-corrected chi connectivity index (χ3v) is 4.45. The number of nitrogens with zero attached hydrogens (tertiary/aromatic N) is 2. The molecule has 3 rings (SSSR count). The molecule has 0 aliphatic carbocycles. The summed E-state index contributed by atoms with van der Waals surface area (Å²) in [5.74, 6) is -0.339. The van der Waals surface area contributed by atoms with Gasteiger partial charge in [0.05, 0.1) is 17.6 Å². The Morgan fingerprint density at radius 2 is 1.93 bits per heavy atom. The van der Waals surface area contributed by atoms with Gasteiger partial charge in [-0.05, 0) is 48.0 Å². The lowest BCUT2D eigenvalue weighted by molar-refractivity contribution is -0.111. The summed E-state index contributed by atoms with van der Waals surface area (Å²) in [6.07, 6.45) is 7.49. The highest BCUT2D eigenvalue weighted by Gasteiger charge is 2.08. The summed E-state index contributed by atoms with van der Waals surface area (Å²) in [7, 11) is -3.33. The number of aromatic nitrogens is 2. The van der Waals surface area contributed by atoms with Crippen molar-refractivity contribution in [3.8, 4) is 5.69 Å². The van der Waals surface area contributed by atoms with Crippen LogP contribution in [-0.2, 0) is 14.8 Å². The van der Waals surface area contributed by atoms with Crippen LogP contribution in [0.5, 0.6) is 0 Å². The summed E-state index contributed by atoms with van der Waals surface area (Å²) in [6.45, 7) is 0. The standard InChI is InChI=1S/C19H17ClN4O3S/c1-28(26,27)23-16-7-3-14(4-8-16)5-10-19(25)22-17-13-15(20)6-9-18(17)24-12-2-11-21-24/h2-13,23H,1H3,(H,22,25)/b10-5+. The maximum atomic E-state index is 12.3. The van der Waals surface area contributed by atoms with Crippen LogP contribution in [0.2, 0.25) is 5.02 Å². The van der Waals surface area contributed by atoms with Crippen molar-refractivity contribution in [3.05, 3.63) is 77.6 Å². The number of carbonyl (C=O) groups excluding carboxylic acids is 1. The highest BCUT2D eigenvalue weighted by Crippen LogP contribution is 2.24. The molecule has 0 atom stereocenters. The SMILES string of the molecule is CS(=O)(=O)Nc1ccc(/C=C/C(=O)Nc2cc(Cl)ccc2-n2cccn2)cc1. The highest BCUT2D eigenvalue weighted by molar-refractivity contribution is 7.92. The van der Waals surface area contributed by atoms with E-state index >= 15 is 0 Å². The lowest BCUT2D eigenvalue weighted by Gasteiger charge is -2.10. The minimum atomic E-state index is -3.33. The number of benzene rings is 2. The summed E-state index contributed by atoms with van der Waals surface area (Å²) >= 11 is 6.05. The number of rotatable bonds is 6. The summed E-state index contributed by atoms with van der Waals surface area (Å²) in [5, 5.41) is 7.45. The summed E-state index contributed by atoms with van der Waals surface area (Å²) in [4.78, 5) is 12.3. The first kappa shape index (κ1) is 19.7. The summed E-state index contributed by atoms with van der Waals surface area (Å²) in [6, 6.07) is 13.5.